The van der Waals surface area contributed by atoms with Crippen molar-refractivity contribution in [3.63, 3.8) is 0 Å². The molecule has 9 heteroatoms. The summed E-state index contributed by atoms with van der Waals surface area (Å²) in [6.07, 6.45) is 1.81. The van der Waals surface area contributed by atoms with Gasteiger partial charge in [-0.15, -0.1) is 0 Å². The Morgan fingerprint density at radius 3 is 2.38 bits per heavy atom. The van der Waals surface area contributed by atoms with E-state index in [0.29, 0.717) is 30.3 Å². The molecule has 0 bridgehead atoms. The zero-order valence-corrected chi connectivity index (χ0v) is 19.5. The Bertz CT molecular complexity index is 1120. The molecule has 0 atom stereocenters. The second kappa shape index (κ2) is 9.60. The van der Waals surface area contributed by atoms with Crippen LogP contribution >= 0.6 is 0 Å². The molecule has 1 aliphatic heterocycles. The summed E-state index contributed by atoms with van der Waals surface area (Å²) >= 11 is 0. The molecule has 2 aromatic carbocycles. The molecule has 32 heavy (non-hydrogen) atoms. The highest BCUT2D eigenvalue weighted by molar-refractivity contribution is 7.92. The maximum Gasteiger partial charge on any atom is 0.337 e. The van der Waals surface area contributed by atoms with Crippen molar-refractivity contribution in [3.05, 3.63) is 53.1 Å². The number of carbonyl (C=O) groups excluding carboxylic acids is 2. The minimum atomic E-state index is -4.03. The number of carbonyl (C=O) groups is 2. The summed E-state index contributed by atoms with van der Waals surface area (Å²) in [4.78, 5) is 26.6. The molecular formula is C23H28N2O6S. The molecule has 1 N–H and O–H groups in total. The average Bonchev–Trinajstić information content (AvgIpc) is 2.79. The summed E-state index contributed by atoms with van der Waals surface area (Å²) < 4.78 is 38.7. The van der Waals surface area contributed by atoms with Gasteiger partial charge >= 0.3 is 5.97 Å². The van der Waals surface area contributed by atoms with E-state index in [1.807, 2.05) is 0 Å². The monoisotopic (exact) mass is 460 g/mol. The maximum absolute atomic E-state index is 13.1. The van der Waals surface area contributed by atoms with E-state index in [2.05, 4.69) is 11.6 Å². The third kappa shape index (κ3) is 5.04. The molecule has 1 heterocycles. The summed E-state index contributed by atoms with van der Waals surface area (Å²) in [7, 11) is -1.34. The van der Waals surface area contributed by atoms with Gasteiger partial charge in [-0.1, -0.05) is 13.0 Å². The number of hydrogen-bond donors (Lipinski definition) is 1. The molecule has 2 aromatic rings. The first kappa shape index (κ1) is 23.6. The number of aryl methyl sites for hydroxylation is 1. The molecule has 0 saturated carbocycles. The van der Waals surface area contributed by atoms with Gasteiger partial charge in [0.1, 0.15) is 5.75 Å². The van der Waals surface area contributed by atoms with Crippen LogP contribution in [0.3, 0.4) is 0 Å². The van der Waals surface area contributed by atoms with Crippen molar-refractivity contribution < 1.29 is 27.5 Å². The second-order valence-electron chi connectivity index (χ2n) is 7.96. The number of nitrogens with one attached hydrogen (secondary N) is 1. The van der Waals surface area contributed by atoms with E-state index in [0.717, 1.165) is 12.8 Å². The Morgan fingerprint density at radius 2 is 1.75 bits per heavy atom. The van der Waals surface area contributed by atoms with E-state index in [1.54, 1.807) is 24.0 Å². The lowest BCUT2D eigenvalue weighted by atomic mass is 9.98. The number of esters is 1. The number of likely N-dealkylation sites (tertiary alicyclic amines) is 1. The minimum absolute atomic E-state index is 0.0742. The van der Waals surface area contributed by atoms with E-state index in [-0.39, 0.29) is 27.6 Å². The number of rotatable bonds is 6. The van der Waals surface area contributed by atoms with Crippen molar-refractivity contribution in [2.45, 2.75) is 31.6 Å². The lowest BCUT2D eigenvalue weighted by molar-refractivity contribution is 0.0600. The number of piperidine rings is 1. The van der Waals surface area contributed by atoms with Crippen molar-refractivity contribution >= 4 is 27.6 Å². The number of hydrogen-bond acceptors (Lipinski definition) is 6. The van der Waals surface area contributed by atoms with Gasteiger partial charge in [-0.2, -0.15) is 0 Å². The van der Waals surface area contributed by atoms with Crippen molar-refractivity contribution in [1.82, 2.24) is 4.90 Å². The minimum Gasteiger partial charge on any atom is -0.496 e. The Labute approximate surface area is 188 Å². The summed E-state index contributed by atoms with van der Waals surface area (Å²) in [5.41, 5.74) is 1.31. The smallest absolute Gasteiger partial charge is 0.337 e. The highest BCUT2D eigenvalue weighted by Gasteiger charge is 2.26. The standard InChI is InChI=1S/C23H28N2O6S/c1-15-9-11-25(12-10-15)22(26)19-14-18(7-8-21(19)30-3)32(28,29)24-20-13-17(23(27)31-4)6-5-16(20)2/h5-8,13-15,24H,9-12H2,1-4H3. The fourth-order valence-corrected chi connectivity index (χ4v) is 4.73. The van der Waals surface area contributed by atoms with Gasteiger partial charge in [0, 0.05) is 13.1 Å². The van der Waals surface area contributed by atoms with Gasteiger partial charge in [0.25, 0.3) is 15.9 Å². The van der Waals surface area contributed by atoms with E-state index in [9.17, 15) is 18.0 Å². The lowest BCUT2D eigenvalue weighted by Gasteiger charge is -2.30. The van der Waals surface area contributed by atoms with Gasteiger partial charge in [0.2, 0.25) is 0 Å². The molecule has 1 saturated heterocycles. The summed E-state index contributed by atoms with van der Waals surface area (Å²) in [5, 5.41) is 0. The number of nitrogens with zero attached hydrogens (tertiary/aromatic N) is 1. The van der Waals surface area contributed by atoms with Gasteiger partial charge in [-0.3, -0.25) is 9.52 Å². The molecule has 1 aliphatic rings. The number of benzene rings is 2. The molecule has 0 spiro atoms. The quantitative estimate of drug-likeness (QED) is 0.663. The number of amides is 1. The molecule has 1 amide bonds. The Balaban J connectivity index is 1.93. The van der Waals surface area contributed by atoms with Crippen molar-refractivity contribution in [3.8, 4) is 5.75 Å². The predicted octanol–water partition coefficient (Wildman–Crippen LogP) is 3.46. The topological polar surface area (TPSA) is 102 Å². The highest BCUT2D eigenvalue weighted by atomic mass is 32.2. The number of methoxy groups -OCH3 is 2. The van der Waals surface area contributed by atoms with Crippen molar-refractivity contribution in [1.29, 1.82) is 0 Å². The van der Waals surface area contributed by atoms with E-state index in [1.165, 1.54) is 38.5 Å². The molecule has 0 unspecified atom stereocenters. The molecule has 172 valence electrons. The molecule has 8 nitrogen and oxygen atoms in total. The normalized spacial score (nSPS) is 14.7. The molecular weight excluding hydrogens is 432 g/mol. The van der Waals surface area contributed by atoms with E-state index in [4.69, 9.17) is 9.47 Å². The van der Waals surface area contributed by atoms with Crippen molar-refractivity contribution in [2.75, 3.05) is 32.0 Å². The van der Waals surface area contributed by atoms with Crippen LogP contribution in [0.1, 0.15) is 46.0 Å². The van der Waals surface area contributed by atoms with Gasteiger partial charge in [-0.25, -0.2) is 13.2 Å². The molecule has 3 rings (SSSR count). The summed E-state index contributed by atoms with van der Waals surface area (Å²) in [5.74, 6) is 0.0468. The molecule has 0 aliphatic carbocycles. The number of ether oxygens (including phenoxy) is 2. The SMILES string of the molecule is COC(=O)c1ccc(C)c(NS(=O)(=O)c2ccc(OC)c(C(=O)N3CCC(C)CC3)c2)c1. The van der Waals surface area contributed by atoms with Gasteiger partial charge in [0.15, 0.2) is 0 Å². The second-order valence-corrected chi connectivity index (χ2v) is 9.65. The third-order valence-corrected chi connectivity index (χ3v) is 7.05. The molecule has 0 aromatic heterocycles. The van der Waals surface area contributed by atoms with Crippen LogP contribution in [0, 0.1) is 12.8 Å². The van der Waals surface area contributed by atoms with Crippen LogP contribution in [-0.2, 0) is 14.8 Å². The van der Waals surface area contributed by atoms with Gasteiger partial charge in [-0.05, 0) is 61.6 Å². The first-order valence-electron chi connectivity index (χ1n) is 10.4. The molecule has 0 radical (unpaired) electrons. The Morgan fingerprint density at radius 1 is 1.06 bits per heavy atom. The van der Waals surface area contributed by atoms with E-state index >= 15 is 0 Å². The van der Waals surface area contributed by atoms with Gasteiger partial charge < -0.3 is 14.4 Å². The molecule has 1 fully saturated rings. The Hall–Kier alpha value is -3.07. The van der Waals surface area contributed by atoms with Crippen LogP contribution < -0.4 is 9.46 Å². The number of anilines is 1. The fraction of sp³-hybridized carbons (Fsp3) is 0.391. The largest absolute Gasteiger partial charge is 0.496 e. The maximum atomic E-state index is 13.1. The van der Waals surface area contributed by atoms with Gasteiger partial charge in [0.05, 0.1) is 35.9 Å². The highest BCUT2D eigenvalue weighted by Crippen LogP contribution is 2.28. The lowest BCUT2D eigenvalue weighted by Crippen LogP contribution is -2.38. The number of sulfonamides is 1. The zero-order valence-electron chi connectivity index (χ0n) is 18.7. The zero-order chi connectivity index (χ0) is 23.5. The summed E-state index contributed by atoms with van der Waals surface area (Å²) in [6, 6.07) is 8.80. The third-order valence-electron chi connectivity index (χ3n) is 5.69. The van der Waals surface area contributed by atoms with E-state index < -0.39 is 16.0 Å². The first-order chi connectivity index (χ1) is 15.2. The average molecular weight is 461 g/mol. The fourth-order valence-electron chi connectivity index (χ4n) is 3.58. The van der Waals surface area contributed by atoms with Crippen LogP contribution in [-0.4, -0.2) is 52.5 Å². The predicted molar refractivity (Wildman–Crippen MR) is 121 cm³/mol. The van der Waals surface area contributed by atoms with Crippen LogP contribution in [0.15, 0.2) is 41.3 Å². The Kier molecular flexibility index (Phi) is 7.08. The summed E-state index contributed by atoms with van der Waals surface area (Å²) in [6.45, 7) is 5.12. The van der Waals surface area contributed by atoms with Crippen molar-refractivity contribution in [2.24, 2.45) is 5.92 Å². The van der Waals surface area contributed by atoms with Crippen LogP contribution in [0.5, 0.6) is 5.75 Å². The van der Waals surface area contributed by atoms with Crippen LogP contribution in [0.25, 0.3) is 0 Å². The van der Waals surface area contributed by atoms with Crippen LogP contribution in [0.2, 0.25) is 0 Å². The first-order valence-corrected chi connectivity index (χ1v) is 11.8. The van der Waals surface area contributed by atoms with Crippen LogP contribution in [0.4, 0.5) is 5.69 Å².